The number of rotatable bonds is 8. The molecule has 0 spiro atoms. The fraction of sp³-hybridized carbons (Fsp3) is 1.00. The van der Waals surface area contributed by atoms with Crippen molar-refractivity contribution in [2.75, 3.05) is 52.6 Å². The lowest BCUT2D eigenvalue weighted by molar-refractivity contribution is -0.0103. The van der Waals surface area contributed by atoms with Gasteiger partial charge in [0.05, 0.1) is 13.2 Å². The first-order valence-corrected chi connectivity index (χ1v) is 6.48. The van der Waals surface area contributed by atoms with E-state index in [0.29, 0.717) is 6.04 Å². The Morgan fingerprint density at radius 2 is 2.31 bits per heavy atom. The molecule has 96 valence electrons. The number of hydrogen-bond donors (Lipinski definition) is 1. The van der Waals surface area contributed by atoms with E-state index in [0.717, 1.165) is 59.0 Å². The maximum Gasteiger partial charge on any atom is 0.0634 e. The molecule has 16 heavy (non-hydrogen) atoms. The van der Waals surface area contributed by atoms with Crippen LogP contribution in [0.15, 0.2) is 0 Å². The average Bonchev–Trinajstić information content (AvgIpc) is 2.33. The largest absolute Gasteiger partial charge is 0.382 e. The minimum absolute atomic E-state index is 0.537. The molecule has 0 aromatic rings. The zero-order chi connectivity index (χ0) is 11.6. The standard InChI is InChI=1S/C12H26N2O2/c1-3-13-10-12-11-16-9-7-14(12)6-5-8-15-4-2/h12-13H,3-11H2,1-2H3. The molecule has 1 aliphatic heterocycles. The Bertz CT molecular complexity index is 167. The topological polar surface area (TPSA) is 33.7 Å². The van der Waals surface area contributed by atoms with Crippen LogP contribution in [0.1, 0.15) is 20.3 Å². The van der Waals surface area contributed by atoms with Gasteiger partial charge in [-0.2, -0.15) is 0 Å². The monoisotopic (exact) mass is 230 g/mol. The lowest BCUT2D eigenvalue weighted by Crippen LogP contribution is -2.50. The second kappa shape index (κ2) is 8.93. The molecule has 0 saturated carbocycles. The number of ether oxygens (including phenoxy) is 2. The number of nitrogens with zero attached hydrogens (tertiary/aromatic N) is 1. The number of nitrogens with one attached hydrogen (secondary N) is 1. The second-order valence-electron chi connectivity index (χ2n) is 4.12. The normalized spacial score (nSPS) is 22.5. The first-order chi connectivity index (χ1) is 7.88. The summed E-state index contributed by atoms with van der Waals surface area (Å²) in [6, 6.07) is 0.537. The fourth-order valence-corrected chi connectivity index (χ4v) is 2.00. The SMILES string of the molecule is CCNCC1COCCN1CCCOCC. The smallest absolute Gasteiger partial charge is 0.0634 e. The molecule has 4 nitrogen and oxygen atoms in total. The van der Waals surface area contributed by atoms with Crippen molar-refractivity contribution in [2.24, 2.45) is 0 Å². The predicted molar refractivity (Wildman–Crippen MR) is 65.8 cm³/mol. The lowest BCUT2D eigenvalue weighted by atomic mass is 10.2. The van der Waals surface area contributed by atoms with Crippen molar-refractivity contribution < 1.29 is 9.47 Å². The van der Waals surface area contributed by atoms with Crippen LogP contribution in [0, 0.1) is 0 Å². The maximum absolute atomic E-state index is 5.52. The van der Waals surface area contributed by atoms with Gasteiger partial charge in [0.15, 0.2) is 0 Å². The van der Waals surface area contributed by atoms with Crippen LogP contribution in [0.5, 0.6) is 0 Å². The summed E-state index contributed by atoms with van der Waals surface area (Å²) in [4.78, 5) is 2.52. The van der Waals surface area contributed by atoms with E-state index in [-0.39, 0.29) is 0 Å². The van der Waals surface area contributed by atoms with E-state index in [9.17, 15) is 0 Å². The Morgan fingerprint density at radius 1 is 1.44 bits per heavy atom. The first kappa shape index (κ1) is 13.9. The van der Waals surface area contributed by atoms with E-state index in [4.69, 9.17) is 9.47 Å². The van der Waals surface area contributed by atoms with Crippen LogP contribution in [0.25, 0.3) is 0 Å². The van der Waals surface area contributed by atoms with Crippen molar-refractivity contribution in [1.29, 1.82) is 0 Å². The van der Waals surface area contributed by atoms with Crippen LogP contribution >= 0.6 is 0 Å². The minimum atomic E-state index is 0.537. The van der Waals surface area contributed by atoms with E-state index in [1.165, 1.54) is 0 Å². The molecule has 1 aliphatic rings. The fourth-order valence-electron chi connectivity index (χ4n) is 2.00. The maximum atomic E-state index is 5.52. The summed E-state index contributed by atoms with van der Waals surface area (Å²) in [6.07, 6.45) is 1.12. The highest BCUT2D eigenvalue weighted by Crippen LogP contribution is 2.06. The van der Waals surface area contributed by atoms with Crippen LogP contribution in [0.2, 0.25) is 0 Å². The van der Waals surface area contributed by atoms with Gasteiger partial charge in [0.25, 0.3) is 0 Å². The van der Waals surface area contributed by atoms with Gasteiger partial charge < -0.3 is 14.8 Å². The molecule has 1 fully saturated rings. The highest BCUT2D eigenvalue weighted by molar-refractivity contribution is 4.77. The first-order valence-electron chi connectivity index (χ1n) is 6.48. The predicted octanol–water partition coefficient (Wildman–Crippen LogP) is 0.723. The zero-order valence-electron chi connectivity index (χ0n) is 10.7. The van der Waals surface area contributed by atoms with Crippen LogP contribution < -0.4 is 5.32 Å². The van der Waals surface area contributed by atoms with Gasteiger partial charge in [0.1, 0.15) is 0 Å². The summed E-state index contributed by atoms with van der Waals surface area (Å²) < 4.78 is 10.9. The van der Waals surface area contributed by atoms with Gasteiger partial charge in [-0.15, -0.1) is 0 Å². The van der Waals surface area contributed by atoms with Gasteiger partial charge in [-0.05, 0) is 19.9 Å². The van der Waals surface area contributed by atoms with E-state index < -0.39 is 0 Å². The van der Waals surface area contributed by atoms with Gasteiger partial charge in [0.2, 0.25) is 0 Å². The van der Waals surface area contributed by atoms with Gasteiger partial charge in [-0.25, -0.2) is 0 Å². The summed E-state index contributed by atoms with van der Waals surface area (Å²) in [5.41, 5.74) is 0. The molecule has 0 aliphatic carbocycles. The molecule has 1 atom stereocenters. The Hall–Kier alpha value is -0.160. The van der Waals surface area contributed by atoms with Crippen molar-refractivity contribution >= 4 is 0 Å². The Kier molecular flexibility index (Phi) is 7.76. The summed E-state index contributed by atoms with van der Waals surface area (Å²) in [5.74, 6) is 0. The molecule has 1 rings (SSSR count). The molecule has 0 amide bonds. The van der Waals surface area contributed by atoms with Crippen molar-refractivity contribution in [1.82, 2.24) is 10.2 Å². The third-order valence-corrected chi connectivity index (χ3v) is 2.92. The number of morpholine rings is 1. The molecule has 0 aromatic carbocycles. The third-order valence-electron chi connectivity index (χ3n) is 2.92. The van der Waals surface area contributed by atoms with Crippen LogP contribution in [0.4, 0.5) is 0 Å². The van der Waals surface area contributed by atoms with Gasteiger partial charge in [-0.1, -0.05) is 6.92 Å². The molecular weight excluding hydrogens is 204 g/mol. The highest BCUT2D eigenvalue weighted by atomic mass is 16.5. The quantitative estimate of drug-likeness (QED) is 0.623. The van der Waals surface area contributed by atoms with Crippen LogP contribution in [0.3, 0.4) is 0 Å². The summed E-state index contributed by atoms with van der Waals surface area (Å²) in [6.45, 7) is 11.9. The zero-order valence-corrected chi connectivity index (χ0v) is 10.7. The Morgan fingerprint density at radius 3 is 3.06 bits per heavy atom. The highest BCUT2D eigenvalue weighted by Gasteiger charge is 2.21. The Labute approximate surface area is 99.3 Å². The molecular formula is C12H26N2O2. The van der Waals surface area contributed by atoms with Crippen molar-refractivity contribution in [3.8, 4) is 0 Å². The molecule has 0 aromatic heterocycles. The second-order valence-corrected chi connectivity index (χ2v) is 4.12. The van der Waals surface area contributed by atoms with Crippen molar-refractivity contribution in [3.05, 3.63) is 0 Å². The van der Waals surface area contributed by atoms with E-state index in [1.54, 1.807) is 0 Å². The molecule has 1 saturated heterocycles. The molecule has 0 bridgehead atoms. The van der Waals surface area contributed by atoms with E-state index in [1.807, 2.05) is 6.92 Å². The molecule has 1 heterocycles. The lowest BCUT2D eigenvalue weighted by Gasteiger charge is -2.35. The van der Waals surface area contributed by atoms with Gasteiger partial charge >= 0.3 is 0 Å². The third kappa shape index (κ3) is 5.25. The summed E-state index contributed by atoms with van der Waals surface area (Å²) >= 11 is 0. The van der Waals surface area contributed by atoms with Crippen molar-refractivity contribution in [3.63, 3.8) is 0 Å². The molecule has 4 heteroatoms. The molecule has 1 unspecified atom stereocenters. The number of likely N-dealkylation sites (N-methyl/N-ethyl adjacent to an activating group) is 1. The molecule has 1 N–H and O–H groups in total. The molecule has 0 radical (unpaired) electrons. The minimum Gasteiger partial charge on any atom is -0.382 e. The van der Waals surface area contributed by atoms with E-state index >= 15 is 0 Å². The van der Waals surface area contributed by atoms with Gasteiger partial charge in [0, 0.05) is 38.9 Å². The number of hydrogen-bond acceptors (Lipinski definition) is 4. The Balaban J connectivity index is 2.18. The average molecular weight is 230 g/mol. The van der Waals surface area contributed by atoms with Crippen LogP contribution in [-0.2, 0) is 9.47 Å². The summed E-state index contributed by atoms with van der Waals surface area (Å²) in [5, 5.41) is 3.40. The van der Waals surface area contributed by atoms with Gasteiger partial charge in [-0.3, -0.25) is 4.90 Å². The van der Waals surface area contributed by atoms with Crippen LogP contribution in [-0.4, -0.2) is 63.5 Å². The van der Waals surface area contributed by atoms with E-state index in [2.05, 4.69) is 17.1 Å². The van der Waals surface area contributed by atoms with Crippen molar-refractivity contribution in [2.45, 2.75) is 26.3 Å². The summed E-state index contributed by atoms with van der Waals surface area (Å²) in [7, 11) is 0.